The lowest BCUT2D eigenvalue weighted by molar-refractivity contribution is 0.174. The molecule has 2 aromatic rings. The molecule has 2 atom stereocenters. The molecule has 2 unspecified atom stereocenters. The highest BCUT2D eigenvalue weighted by Gasteiger charge is 2.21. The topological polar surface area (TPSA) is 44.5 Å². The first-order valence-corrected chi connectivity index (χ1v) is 7.22. The molecular weight excluding hydrogens is 258 g/mol. The number of methoxy groups -OCH3 is 1. The molecule has 0 aliphatic carbocycles. The van der Waals surface area contributed by atoms with Crippen LogP contribution < -0.4 is 15.2 Å². The van der Waals surface area contributed by atoms with Crippen molar-refractivity contribution in [1.82, 2.24) is 0 Å². The van der Waals surface area contributed by atoms with E-state index in [1.54, 1.807) is 18.4 Å². The van der Waals surface area contributed by atoms with E-state index in [0.29, 0.717) is 0 Å². The van der Waals surface area contributed by atoms with Crippen LogP contribution in [0.3, 0.4) is 0 Å². The zero-order valence-corrected chi connectivity index (χ0v) is 12.0. The lowest BCUT2D eigenvalue weighted by Gasteiger charge is -2.23. The molecule has 0 amide bonds. The molecule has 1 aromatic heterocycles. The minimum atomic E-state index is -0.114. The summed E-state index contributed by atoms with van der Waals surface area (Å²) in [4.78, 5) is 1.15. The molecule has 0 saturated carbocycles. The highest BCUT2D eigenvalue weighted by Crippen LogP contribution is 2.30. The molecule has 0 saturated heterocycles. The number of nitrogens with two attached hydrogens (primary N) is 1. The molecule has 3 nitrogen and oxygen atoms in total. The van der Waals surface area contributed by atoms with E-state index in [-0.39, 0.29) is 12.1 Å². The average molecular weight is 277 g/mol. The van der Waals surface area contributed by atoms with Crippen molar-refractivity contribution in [3.8, 4) is 11.5 Å². The van der Waals surface area contributed by atoms with Crippen LogP contribution in [0.5, 0.6) is 11.5 Å². The molecule has 0 spiro atoms. The number of ether oxygens (including phenoxy) is 2. The van der Waals surface area contributed by atoms with Gasteiger partial charge in [-0.3, -0.25) is 0 Å². The van der Waals surface area contributed by atoms with Gasteiger partial charge in [-0.2, -0.15) is 0 Å². The van der Waals surface area contributed by atoms with Crippen LogP contribution in [0, 0.1) is 0 Å². The lowest BCUT2D eigenvalue weighted by Crippen LogP contribution is -2.30. The standard InChI is InChI=1S/C15H19NO2S/c1-3-13(16)15(14-8-5-9-19-14)18-12-7-4-6-11(10-12)17-2/h4-10,13,15H,3,16H2,1-2H3. The summed E-state index contributed by atoms with van der Waals surface area (Å²) in [6.07, 6.45) is 0.754. The van der Waals surface area contributed by atoms with Crippen LogP contribution in [0.25, 0.3) is 0 Å². The van der Waals surface area contributed by atoms with Crippen molar-refractivity contribution in [3.05, 3.63) is 46.7 Å². The smallest absolute Gasteiger partial charge is 0.148 e. The fourth-order valence-electron chi connectivity index (χ4n) is 1.84. The first-order chi connectivity index (χ1) is 9.24. The first-order valence-electron chi connectivity index (χ1n) is 6.34. The summed E-state index contributed by atoms with van der Waals surface area (Å²) in [6, 6.07) is 11.7. The maximum absolute atomic E-state index is 6.18. The van der Waals surface area contributed by atoms with Crippen molar-refractivity contribution in [2.24, 2.45) is 5.73 Å². The van der Waals surface area contributed by atoms with Gasteiger partial charge in [-0.05, 0) is 30.0 Å². The van der Waals surface area contributed by atoms with E-state index in [4.69, 9.17) is 15.2 Å². The van der Waals surface area contributed by atoms with Gasteiger partial charge >= 0.3 is 0 Å². The minimum absolute atomic E-state index is 0.0233. The second-order valence-corrected chi connectivity index (χ2v) is 5.28. The molecule has 0 bridgehead atoms. The summed E-state index contributed by atoms with van der Waals surface area (Å²) >= 11 is 1.67. The van der Waals surface area contributed by atoms with Crippen molar-refractivity contribution in [2.45, 2.75) is 25.5 Å². The summed E-state index contributed by atoms with van der Waals surface area (Å²) in [5.41, 5.74) is 6.18. The van der Waals surface area contributed by atoms with Crippen LogP contribution in [0.2, 0.25) is 0 Å². The molecular formula is C15H19NO2S. The average Bonchev–Trinajstić information content (AvgIpc) is 2.98. The third-order valence-corrected chi connectivity index (χ3v) is 3.92. The third kappa shape index (κ3) is 3.49. The normalized spacial score (nSPS) is 13.8. The minimum Gasteiger partial charge on any atom is -0.497 e. The summed E-state index contributed by atoms with van der Waals surface area (Å²) in [7, 11) is 1.65. The Bertz CT molecular complexity index is 499. The Morgan fingerprint density at radius 3 is 2.63 bits per heavy atom. The zero-order valence-electron chi connectivity index (χ0n) is 11.2. The van der Waals surface area contributed by atoms with Crippen LogP contribution in [-0.2, 0) is 0 Å². The van der Waals surface area contributed by atoms with Gasteiger partial charge in [0.05, 0.1) is 7.11 Å². The maximum Gasteiger partial charge on any atom is 0.148 e. The second kappa shape index (κ2) is 6.59. The molecule has 1 heterocycles. The van der Waals surface area contributed by atoms with E-state index in [2.05, 4.69) is 13.0 Å². The van der Waals surface area contributed by atoms with E-state index in [9.17, 15) is 0 Å². The predicted molar refractivity (Wildman–Crippen MR) is 78.9 cm³/mol. The molecule has 2 rings (SSSR count). The SMILES string of the molecule is CCC(N)C(Oc1cccc(OC)c1)c1cccs1. The van der Waals surface area contributed by atoms with E-state index in [0.717, 1.165) is 22.8 Å². The van der Waals surface area contributed by atoms with Gasteiger partial charge in [-0.15, -0.1) is 11.3 Å². The Kier molecular flexibility index (Phi) is 4.82. The number of hydrogen-bond donors (Lipinski definition) is 1. The molecule has 0 fully saturated rings. The Morgan fingerprint density at radius 1 is 1.21 bits per heavy atom. The predicted octanol–water partition coefficient (Wildman–Crippen LogP) is 3.61. The second-order valence-electron chi connectivity index (χ2n) is 4.30. The van der Waals surface area contributed by atoms with E-state index in [1.165, 1.54) is 0 Å². The largest absolute Gasteiger partial charge is 0.497 e. The van der Waals surface area contributed by atoms with Crippen molar-refractivity contribution in [1.29, 1.82) is 0 Å². The van der Waals surface area contributed by atoms with Gasteiger partial charge in [0.25, 0.3) is 0 Å². The zero-order chi connectivity index (χ0) is 13.7. The van der Waals surface area contributed by atoms with E-state index >= 15 is 0 Å². The number of thiophene rings is 1. The van der Waals surface area contributed by atoms with Crippen molar-refractivity contribution < 1.29 is 9.47 Å². The highest BCUT2D eigenvalue weighted by atomic mass is 32.1. The number of rotatable bonds is 6. The molecule has 4 heteroatoms. The van der Waals surface area contributed by atoms with E-state index < -0.39 is 0 Å². The van der Waals surface area contributed by atoms with Gasteiger partial charge in [0.15, 0.2) is 0 Å². The molecule has 0 aliphatic heterocycles. The molecule has 1 aromatic carbocycles. The lowest BCUT2D eigenvalue weighted by atomic mass is 10.1. The van der Waals surface area contributed by atoms with E-state index in [1.807, 2.05) is 35.7 Å². The molecule has 2 N–H and O–H groups in total. The monoisotopic (exact) mass is 277 g/mol. The van der Waals surface area contributed by atoms with Gasteiger partial charge in [-0.25, -0.2) is 0 Å². The maximum atomic E-state index is 6.18. The fraction of sp³-hybridized carbons (Fsp3) is 0.333. The summed E-state index contributed by atoms with van der Waals surface area (Å²) in [5, 5.41) is 2.04. The van der Waals surface area contributed by atoms with Gasteiger partial charge in [0.1, 0.15) is 17.6 Å². The Hall–Kier alpha value is -1.52. The Morgan fingerprint density at radius 2 is 2.00 bits per heavy atom. The quantitative estimate of drug-likeness (QED) is 0.877. The fourth-order valence-corrected chi connectivity index (χ4v) is 2.67. The van der Waals surface area contributed by atoms with Crippen LogP contribution in [-0.4, -0.2) is 13.2 Å². The molecule has 19 heavy (non-hydrogen) atoms. The summed E-state index contributed by atoms with van der Waals surface area (Å²) in [6.45, 7) is 2.07. The number of benzene rings is 1. The molecule has 0 radical (unpaired) electrons. The van der Waals surface area contributed by atoms with Gasteiger partial charge in [0.2, 0.25) is 0 Å². The van der Waals surface area contributed by atoms with Gasteiger partial charge < -0.3 is 15.2 Å². The Labute approximate surface area is 118 Å². The van der Waals surface area contributed by atoms with Crippen LogP contribution in [0.15, 0.2) is 41.8 Å². The van der Waals surface area contributed by atoms with Crippen molar-refractivity contribution >= 4 is 11.3 Å². The number of hydrogen-bond acceptors (Lipinski definition) is 4. The third-order valence-electron chi connectivity index (χ3n) is 2.99. The Balaban J connectivity index is 2.20. The van der Waals surface area contributed by atoms with Gasteiger partial charge in [-0.1, -0.05) is 19.1 Å². The highest BCUT2D eigenvalue weighted by molar-refractivity contribution is 7.10. The molecule has 0 aliphatic rings. The van der Waals surface area contributed by atoms with Crippen molar-refractivity contribution in [2.75, 3.05) is 7.11 Å². The van der Waals surface area contributed by atoms with Crippen LogP contribution in [0.1, 0.15) is 24.3 Å². The van der Waals surface area contributed by atoms with Gasteiger partial charge in [0, 0.05) is 17.0 Å². The first kappa shape index (κ1) is 13.9. The molecule has 102 valence electrons. The summed E-state index contributed by atoms with van der Waals surface area (Å²) in [5.74, 6) is 1.56. The summed E-state index contributed by atoms with van der Waals surface area (Å²) < 4.78 is 11.3. The van der Waals surface area contributed by atoms with Crippen LogP contribution in [0.4, 0.5) is 0 Å². The van der Waals surface area contributed by atoms with Crippen molar-refractivity contribution in [3.63, 3.8) is 0 Å². The van der Waals surface area contributed by atoms with Crippen LogP contribution >= 0.6 is 11.3 Å².